The smallest absolute Gasteiger partial charge is 0.303 e. The minimum atomic E-state index is -3.78. The molecule has 3 aromatic rings. The van der Waals surface area contributed by atoms with Crippen LogP contribution in [0.25, 0.3) is 10.9 Å². The number of aryl methyl sites for hydroxylation is 1. The minimum absolute atomic E-state index is 0.0386. The van der Waals surface area contributed by atoms with E-state index < -0.39 is 28.9 Å². The van der Waals surface area contributed by atoms with Gasteiger partial charge in [0.05, 0.1) is 17.1 Å². The lowest BCUT2D eigenvalue weighted by Gasteiger charge is -2.30. The largest absolute Gasteiger partial charge is 0.492 e. The molecular weight excluding hydrogens is 481 g/mol. The molecule has 0 bridgehead atoms. The standard InChI is InChI=1S/C28H35F3N4O2/c1-16-10-11-19(35(16)6)15-37-20-12-13-24-22(14-20)26(34-18(3)33-24)32-17(2)21-8-7-9-23(25(21)29)28(30,31)27(4,5)36/h7-9,12-14,16-17,19,36H,10-11,15H2,1-6H3,(H,32,33,34)/t16-,17+,19-/m0/s1. The van der Waals surface area contributed by atoms with Crippen molar-refractivity contribution in [1.29, 1.82) is 0 Å². The Bertz CT molecular complexity index is 1280. The van der Waals surface area contributed by atoms with Crippen LogP contribution in [-0.2, 0) is 5.92 Å². The first-order valence-corrected chi connectivity index (χ1v) is 12.6. The van der Waals surface area contributed by atoms with Crippen LogP contribution in [0, 0.1) is 12.7 Å². The maximum Gasteiger partial charge on any atom is 0.303 e. The Kier molecular flexibility index (Phi) is 7.41. The van der Waals surface area contributed by atoms with Crippen molar-refractivity contribution >= 4 is 16.7 Å². The predicted octanol–water partition coefficient (Wildman–Crippen LogP) is 5.97. The van der Waals surface area contributed by atoms with E-state index in [0.717, 1.165) is 32.8 Å². The summed E-state index contributed by atoms with van der Waals surface area (Å²) in [5.74, 6) is -3.21. The Balaban J connectivity index is 1.62. The van der Waals surface area contributed by atoms with Crippen LogP contribution in [-0.4, -0.2) is 51.3 Å². The van der Waals surface area contributed by atoms with Crippen LogP contribution in [0.3, 0.4) is 0 Å². The van der Waals surface area contributed by atoms with Crippen LogP contribution >= 0.6 is 0 Å². The van der Waals surface area contributed by atoms with Crippen LogP contribution in [0.4, 0.5) is 19.0 Å². The van der Waals surface area contributed by atoms with Crippen LogP contribution in [0.15, 0.2) is 36.4 Å². The molecule has 200 valence electrons. The SMILES string of the molecule is Cc1nc(N[C@H](C)c2cccc(C(F)(F)C(C)(C)O)c2F)c2cc(OC[C@@H]3CC[C@H](C)N3C)ccc2n1. The third kappa shape index (κ3) is 5.38. The van der Waals surface area contributed by atoms with E-state index in [9.17, 15) is 13.9 Å². The summed E-state index contributed by atoms with van der Waals surface area (Å²) in [6, 6.07) is 9.54. The molecule has 1 fully saturated rings. The molecule has 6 nitrogen and oxygen atoms in total. The first-order valence-electron chi connectivity index (χ1n) is 12.6. The number of halogens is 3. The van der Waals surface area contributed by atoms with Crippen molar-refractivity contribution in [1.82, 2.24) is 14.9 Å². The van der Waals surface area contributed by atoms with E-state index in [1.54, 1.807) is 13.8 Å². The highest BCUT2D eigenvalue weighted by atomic mass is 19.3. The molecule has 1 aliphatic rings. The second kappa shape index (κ2) is 10.1. The van der Waals surface area contributed by atoms with Crippen molar-refractivity contribution in [2.45, 2.75) is 77.1 Å². The molecular formula is C28H35F3N4O2. The second-order valence-corrected chi connectivity index (χ2v) is 10.6. The minimum Gasteiger partial charge on any atom is -0.492 e. The van der Waals surface area contributed by atoms with E-state index in [1.165, 1.54) is 12.1 Å². The molecule has 0 saturated carbocycles. The molecule has 1 aromatic heterocycles. The van der Waals surface area contributed by atoms with Gasteiger partial charge in [0.15, 0.2) is 0 Å². The number of ether oxygens (including phenoxy) is 1. The summed E-state index contributed by atoms with van der Waals surface area (Å²) in [5, 5.41) is 13.8. The monoisotopic (exact) mass is 516 g/mol. The van der Waals surface area contributed by atoms with Gasteiger partial charge in [0, 0.05) is 23.0 Å². The van der Waals surface area contributed by atoms with E-state index in [4.69, 9.17) is 4.74 Å². The fourth-order valence-corrected chi connectivity index (χ4v) is 4.76. The van der Waals surface area contributed by atoms with Gasteiger partial charge in [-0.15, -0.1) is 0 Å². The maximum atomic E-state index is 15.3. The number of likely N-dealkylation sites (tertiary alicyclic amines) is 1. The normalized spacial score (nSPS) is 19.8. The molecule has 2 heterocycles. The van der Waals surface area contributed by atoms with E-state index in [-0.39, 0.29) is 5.56 Å². The van der Waals surface area contributed by atoms with Gasteiger partial charge in [-0.3, -0.25) is 4.90 Å². The second-order valence-electron chi connectivity index (χ2n) is 10.6. The molecule has 0 aliphatic carbocycles. The van der Waals surface area contributed by atoms with Crippen molar-refractivity contribution < 1.29 is 23.0 Å². The molecule has 2 aromatic carbocycles. The highest BCUT2D eigenvalue weighted by Gasteiger charge is 2.49. The van der Waals surface area contributed by atoms with Crippen molar-refractivity contribution in [3.63, 3.8) is 0 Å². The summed E-state index contributed by atoms with van der Waals surface area (Å²) >= 11 is 0. The lowest BCUT2D eigenvalue weighted by atomic mass is 9.91. The Morgan fingerprint density at radius 1 is 1.19 bits per heavy atom. The molecule has 2 N–H and O–H groups in total. The molecule has 37 heavy (non-hydrogen) atoms. The molecule has 4 rings (SSSR count). The number of anilines is 1. The van der Waals surface area contributed by atoms with Gasteiger partial charge in [-0.1, -0.05) is 12.1 Å². The average Bonchev–Trinajstić information content (AvgIpc) is 3.14. The van der Waals surface area contributed by atoms with Gasteiger partial charge >= 0.3 is 5.92 Å². The van der Waals surface area contributed by atoms with E-state index in [2.05, 4.69) is 34.2 Å². The highest BCUT2D eigenvalue weighted by Crippen LogP contribution is 2.41. The molecule has 9 heteroatoms. The zero-order chi connectivity index (χ0) is 27.1. The number of benzene rings is 2. The third-order valence-electron chi connectivity index (χ3n) is 7.37. The Morgan fingerprint density at radius 3 is 2.57 bits per heavy atom. The van der Waals surface area contributed by atoms with Gasteiger partial charge < -0.3 is 15.2 Å². The lowest BCUT2D eigenvalue weighted by molar-refractivity contribution is -0.170. The molecule has 0 amide bonds. The van der Waals surface area contributed by atoms with E-state index >= 15 is 4.39 Å². The van der Waals surface area contributed by atoms with Crippen molar-refractivity contribution in [2.75, 3.05) is 19.0 Å². The summed E-state index contributed by atoms with van der Waals surface area (Å²) in [6.45, 7) is 8.11. The van der Waals surface area contributed by atoms with Crippen molar-refractivity contribution in [2.24, 2.45) is 0 Å². The molecule has 0 spiro atoms. The number of aromatic nitrogens is 2. The molecule has 1 aliphatic heterocycles. The van der Waals surface area contributed by atoms with Crippen molar-refractivity contribution in [3.05, 3.63) is 59.2 Å². The van der Waals surface area contributed by atoms with Crippen LogP contribution in [0.1, 0.15) is 63.5 Å². The van der Waals surface area contributed by atoms with Gasteiger partial charge in [0.2, 0.25) is 0 Å². The number of likely N-dealkylation sites (N-methyl/N-ethyl adjacent to an activating group) is 1. The van der Waals surface area contributed by atoms with E-state index in [0.29, 0.717) is 47.0 Å². The summed E-state index contributed by atoms with van der Waals surface area (Å²) in [5.41, 5.74) is -2.55. The van der Waals surface area contributed by atoms with Gasteiger partial charge in [-0.25, -0.2) is 14.4 Å². The first-order chi connectivity index (χ1) is 17.3. The predicted molar refractivity (Wildman–Crippen MR) is 139 cm³/mol. The fourth-order valence-electron chi connectivity index (χ4n) is 4.76. The van der Waals surface area contributed by atoms with Gasteiger partial charge in [0.1, 0.15) is 35.4 Å². The summed E-state index contributed by atoms with van der Waals surface area (Å²) in [7, 11) is 2.11. The Labute approximate surface area is 215 Å². The quantitative estimate of drug-likeness (QED) is 0.384. The van der Waals surface area contributed by atoms with Gasteiger partial charge in [-0.2, -0.15) is 8.78 Å². The number of nitrogens with zero attached hydrogens (tertiary/aromatic N) is 3. The molecule has 3 atom stereocenters. The third-order valence-corrected chi connectivity index (χ3v) is 7.37. The summed E-state index contributed by atoms with van der Waals surface area (Å²) < 4.78 is 51.0. The van der Waals surface area contributed by atoms with Gasteiger partial charge in [-0.05, 0) is 78.8 Å². The number of hydrogen-bond donors (Lipinski definition) is 2. The Morgan fingerprint density at radius 2 is 1.92 bits per heavy atom. The summed E-state index contributed by atoms with van der Waals surface area (Å²) in [4.78, 5) is 11.3. The number of fused-ring (bicyclic) bond motifs is 1. The molecule has 0 unspecified atom stereocenters. The number of hydrogen-bond acceptors (Lipinski definition) is 6. The number of nitrogens with one attached hydrogen (secondary N) is 1. The molecule has 0 radical (unpaired) electrons. The first kappa shape index (κ1) is 27.1. The average molecular weight is 517 g/mol. The highest BCUT2D eigenvalue weighted by molar-refractivity contribution is 5.90. The van der Waals surface area contributed by atoms with Gasteiger partial charge in [0.25, 0.3) is 0 Å². The van der Waals surface area contributed by atoms with Crippen LogP contribution in [0.2, 0.25) is 0 Å². The molecule has 1 saturated heterocycles. The number of rotatable bonds is 8. The lowest BCUT2D eigenvalue weighted by Crippen LogP contribution is -2.41. The zero-order valence-electron chi connectivity index (χ0n) is 22.1. The topological polar surface area (TPSA) is 70.5 Å². The number of alkyl halides is 2. The fraction of sp³-hybridized carbons (Fsp3) is 0.500. The number of aliphatic hydroxyl groups is 1. The summed E-state index contributed by atoms with van der Waals surface area (Å²) in [6.07, 6.45) is 2.22. The zero-order valence-corrected chi connectivity index (χ0v) is 22.1. The van der Waals surface area contributed by atoms with Crippen molar-refractivity contribution in [3.8, 4) is 5.75 Å². The maximum absolute atomic E-state index is 15.3. The van der Waals surface area contributed by atoms with Crippen LogP contribution in [0.5, 0.6) is 5.75 Å². The van der Waals surface area contributed by atoms with E-state index in [1.807, 2.05) is 18.2 Å². The van der Waals surface area contributed by atoms with Crippen LogP contribution < -0.4 is 10.1 Å². The Hall–Kier alpha value is -2.91.